The van der Waals surface area contributed by atoms with Crippen molar-refractivity contribution in [2.24, 2.45) is 4.99 Å². The highest BCUT2D eigenvalue weighted by atomic mass is 35.5. The molecule has 0 spiro atoms. The molecular weight excluding hydrogens is 409 g/mol. The van der Waals surface area contributed by atoms with E-state index in [4.69, 9.17) is 11.6 Å². The molecule has 0 saturated heterocycles. The van der Waals surface area contributed by atoms with Gasteiger partial charge in [-0.2, -0.15) is 0 Å². The molecule has 1 heterocycles. The van der Waals surface area contributed by atoms with Crippen LogP contribution in [0, 0.1) is 5.82 Å². The maximum atomic E-state index is 13.2. The molecule has 27 heavy (non-hydrogen) atoms. The number of pyridine rings is 1. The summed E-state index contributed by atoms with van der Waals surface area (Å²) in [7, 11) is -3.81. The van der Waals surface area contributed by atoms with E-state index < -0.39 is 15.8 Å². The van der Waals surface area contributed by atoms with Crippen LogP contribution in [0.25, 0.3) is 0 Å². The summed E-state index contributed by atoms with van der Waals surface area (Å²) in [5.41, 5.74) is 2.16. The average molecular weight is 428 g/mol. The molecule has 9 heteroatoms. The Labute approximate surface area is 167 Å². The van der Waals surface area contributed by atoms with E-state index in [1.54, 1.807) is 30.1 Å². The molecule has 2 aromatic rings. The van der Waals surface area contributed by atoms with Gasteiger partial charge in [-0.05, 0) is 47.9 Å². The standard InChI is InChI=1S/C18H19ClFN3O2S2/c1-12(26-3)9-21-13(2)18-7-4-14(10-22-18)11-23-27(24,25)15-5-6-17(20)16(19)8-15/h4-8,10,23H,1,9,11H2,2-3H3. The Morgan fingerprint density at radius 3 is 2.70 bits per heavy atom. The Kier molecular flexibility index (Phi) is 7.55. The van der Waals surface area contributed by atoms with Crippen molar-refractivity contribution in [3.63, 3.8) is 0 Å². The van der Waals surface area contributed by atoms with Gasteiger partial charge in [-0.3, -0.25) is 9.98 Å². The lowest BCUT2D eigenvalue weighted by atomic mass is 10.2. The lowest BCUT2D eigenvalue weighted by Crippen LogP contribution is -2.23. The molecule has 0 unspecified atom stereocenters. The van der Waals surface area contributed by atoms with Gasteiger partial charge in [0.15, 0.2) is 0 Å². The van der Waals surface area contributed by atoms with Gasteiger partial charge < -0.3 is 0 Å². The molecule has 2 rings (SSSR count). The highest BCUT2D eigenvalue weighted by Crippen LogP contribution is 2.19. The number of thioether (sulfide) groups is 1. The van der Waals surface area contributed by atoms with Gasteiger partial charge in [-0.15, -0.1) is 11.8 Å². The molecule has 1 aromatic carbocycles. The van der Waals surface area contributed by atoms with Crippen molar-refractivity contribution in [3.05, 3.63) is 70.1 Å². The quantitative estimate of drug-likeness (QED) is 0.645. The summed E-state index contributed by atoms with van der Waals surface area (Å²) in [5, 5.41) is -0.247. The van der Waals surface area contributed by atoms with E-state index in [2.05, 4.69) is 21.3 Å². The van der Waals surface area contributed by atoms with Gasteiger partial charge in [0.1, 0.15) is 5.82 Å². The maximum Gasteiger partial charge on any atom is 0.240 e. The third-order valence-corrected chi connectivity index (χ3v) is 6.04. The monoisotopic (exact) mass is 427 g/mol. The zero-order chi connectivity index (χ0) is 20.0. The summed E-state index contributed by atoms with van der Waals surface area (Å²) in [4.78, 5) is 9.58. The number of hydrogen-bond acceptors (Lipinski definition) is 5. The molecule has 1 aromatic heterocycles. The number of sulfonamides is 1. The van der Waals surface area contributed by atoms with Crippen LogP contribution in [-0.2, 0) is 16.6 Å². The van der Waals surface area contributed by atoms with E-state index in [1.807, 2.05) is 13.2 Å². The summed E-state index contributed by atoms with van der Waals surface area (Å²) in [6, 6.07) is 6.79. The van der Waals surface area contributed by atoms with Gasteiger partial charge in [0.05, 0.1) is 27.9 Å². The van der Waals surface area contributed by atoms with E-state index in [-0.39, 0.29) is 16.5 Å². The minimum Gasteiger partial charge on any atom is -0.283 e. The van der Waals surface area contributed by atoms with Crippen LogP contribution in [0.3, 0.4) is 0 Å². The zero-order valence-corrected chi connectivity index (χ0v) is 17.3. The Hall–Kier alpha value is -1.74. The third-order valence-electron chi connectivity index (χ3n) is 3.64. The summed E-state index contributed by atoms with van der Waals surface area (Å²) in [5.74, 6) is -0.673. The Morgan fingerprint density at radius 2 is 2.11 bits per heavy atom. The molecule has 0 saturated carbocycles. The van der Waals surface area contributed by atoms with Crippen LogP contribution in [0.4, 0.5) is 4.39 Å². The van der Waals surface area contributed by atoms with Crippen LogP contribution in [-0.4, -0.2) is 31.9 Å². The molecule has 144 valence electrons. The Bertz CT molecular complexity index is 961. The van der Waals surface area contributed by atoms with Crippen molar-refractivity contribution >= 4 is 39.1 Å². The number of rotatable bonds is 8. The third kappa shape index (κ3) is 6.14. The fourth-order valence-corrected chi connectivity index (χ4v) is 3.48. The van der Waals surface area contributed by atoms with Crippen LogP contribution in [0.5, 0.6) is 0 Å². The van der Waals surface area contributed by atoms with Crippen molar-refractivity contribution < 1.29 is 12.8 Å². The van der Waals surface area contributed by atoms with E-state index in [1.165, 1.54) is 0 Å². The number of aliphatic imine (C=N–C) groups is 1. The van der Waals surface area contributed by atoms with Gasteiger partial charge in [0.2, 0.25) is 10.0 Å². The SMILES string of the molecule is C=C(CN=C(C)c1ccc(CNS(=O)(=O)c2ccc(F)c(Cl)c2)cn1)SC. The van der Waals surface area contributed by atoms with Gasteiger partial charge in [0.25, 0.3) is 0 Å². The van der Waals surface area contributed by atoms with Crippen LogP contribution >= 0.6 is 23.4 Å². The van der Waals surface area contributed by atoms with Crippen LogP contribution in [0.1, 0.15) is 18.2 Å². The number of aromatic nitrogens is 1. The number of hydrogen-bond donors (Lipinski definition) is 1. The van der Waals surface area contributed by atoms with Crippen molar-refractivity contribution in [2.75, 3.05) is 12.8 Å². The lowest BCUT2D eigenvalue weighted by Gasteiger charge is -2.08. The Morgan fingerprint density at radius 1 is 1.37 bits per heavy atom. The first-order chi connectivity index (χ1) is 12.7. The van der Waals surface area contributed by atoms with Crippen LogP contribution in [0.2, 0.25) is 5.02 Å². The highest BCUT2D eigenvalue weighted by molar-refractivity contribution is 8.02. The largest absolute Gasteiger partial charge is 0.283 e. The minimum absolute atomic E-state index is 0.0457. The number of halogens is 2. The summed E-state index contributed by atoms with van der Waals surface area (Å²) >= 11 is 7.20. The van der Waals surface area contributed by atoms with Gasteiger partial charge >= 0.3 is 0 Å². The summed E-state index contributed by atoms with van der Waals surface area (Å²) in [6.45, 7) is 6.30. The predicted octanol–water partition coefficient (Wildman–Crippen LogP) is 4.04. The van der Waals surface area contributed by atoms with Crippen LogP contribution < -0.4 is 4.72 Å². The van der Waals surface area contributed by atoms with Crippen molar-refractivity contribution in [1.29, 1.82) is 0 Å². The minimum atomic E-state index is -3.81. The van der Waals surface area contributed by atoms with Gasteiger partial charge in [-0.25, -0.2) is 17.5 Å². The van der Waals surface area contributed by atoms with Crippen LogP contribution in [0.15, 0.2) is 57.9 Å². The fourth-order valence-electron chi connectivity index (χ4n) is 2.00. The summed E-state index contributed by atoms with van der Waals surface area (Å²) in [6.07, 6.45) is 3.53. The molecular formula is C18H19ClFN3O2S2. The second-order valence-corrected chi connectivity index (χ2v) is 8.76. The van der Waals surface area contributed by atoms with E-state index in [9.17, 15) is 12.8 Å². The molecule has 0 atom stereocenters. The van der Waals surface area contributed by atoms with E-state index >= 15 is 0 Å². The number of benzene rings is 1. The number of nitrogens with one attached hydrogen (secondary N) is 1. The highest BCUT2D eigenvalue weighted by Gasteiger charge is 2.15. The van der Waals surface area contributed by atoms with Crippen molar-refractivity contribution in [2.45, 2.75) is 18.4 Å². The molecule has 0 bridgehead atoms. The molecule has 1 N–H and O–H groups in total. The van der Waals surface area contributed by atoms with Crippen molar-refractivity contribution in [1.82, 2.24) is 9.71 Å². The zero-order valence-electron chi connectivity index (χ0n) is 14.9. The predicted molar refractivity (Wildman–Crippen MR) is 109 cm³/mol. The normalized spacial score (nSPS) is 12.2. The molecule has 0 aliphatic heterocycles. The molecule has 5 nitrogen and oxygen atoms in total. The molecule has 0 amide bonds. The second kappa shape index (κ2) is 9.45. The maximum absolute atomic E-state index is 13.2. The topological polar surface area (TPSA) is 71.4 Å². The first-order valence-electron chi connectivity index (χ1n) is 7.86. The average Bonchev–Trinajstić information content (AvgIpc) is 2.66. The second-order valence-electron chi connectivity index (χ2n) is 5.60. The smallest absolute Gasteiger partial charge is 0.240 e. The van der Waals surface area contributed by atoms with Crippen molar-refractivity contribution in [3.8, 4) is 0 Å². The number of nitrogens with zero attached hydrogens (tertiary/aromatic N) is 2. The first-order valence-corrected chi connectivity index (χ1v) is 10.9. The van der Waals surface area contributed by atoms with E-state index in [0.29, 0.717) is 17.8 Å². The first kappa shape index (κ1) is 21.6. The van der Waals surface area contributed by atoms with Gasteiger partial charge in [-0.1, -0.05) is 24.2 Å². The Balaban J connectivity index is 2.04. The van der Waals surface area contributed by atoms with E-state index in [0.717, 1.165) is 28.8 Å². The lowest BCUT2D eigenvalue weighted by molar-refractivity contribution is 0.580. The van der Waals surface area contributed by atoms with Gasteiger partial charge in [0, 0.05) is 12.7 Å². The molecule has 0 aliphatic carbocycles. The summed E-state index contributed by atoms with van der Waals surface area (Å²) < 4.78 is 40.2. The molecule has 0 aliphatic rings. The molecule has 0 radical (unpaired) electrons. The fraction of sp³-hybridized carbons (Fsp3) is 0.222. The molecule has 0 fully saturated rings.